The van der Waals surface area contributed by atoms with Crippen LogP contribution in [0.25, 0.3) is 0 Å². The lowest BCUT2D eigenvalue weighted by Gasteiger charge is -2.48. The highest BCUT2D eigenvalue weighted by molar-refractivity contribution is 5.80. The van der Waals surface area contributed by atoms with Gasteiger partial charge in [-0.2, -0.15) is 0 Å². The molecule has 2 fully saturated rings. The number of Topliss-reactive ketones (excluding diaryl/α,β-unsaturated/α-hetero) is 1. The van der Waals surface area contributed by atoms with Crippen LogP contribution >= 0.6 is 0 Å². The molecule has 0 radical (unpaired) electrons. The van der Waals surface area contributed by atoms with Crippen LogP contribution in [0.1, 0.15) is 50.6 Å². The molecule has 96 valence electrons. The van der Waals surface area contributed by atoms with Crippen molar-refractivity contribution >= 4 is 5.78 Å². The summed E-state index contributed by atoms with van der Waals surface area (Å²) in [6.45, 7) is 2.29. The number of ketones is 1. The molecule has 0 amide bonds. The van der Waals surface area contributed by atoms with E-state index in [1.165, 1.54) is 24.8 Å². The van der Waals surface area contributed by atoms with Gasteiger partial charge in [-0.3, -0.25) is 9.69 Å². The fraction of sp³-hybridized carbons (Fsp3) is 0.562. The van der Waals surface area contributed by atoms with Gasteiger partial charge in [0.15, 0.2) is 0 Å². The van der Waals surface area contributed by atoms with Crippen molar-refractivity contribution in [1.82, 2.24) is 4.90 Å². The molecular weight excluding hydrogens is 222 g/mol. The normalized spacial score (nSPS) is 30.2. The highest BCUT2D eigenvalue weighted by Gasteiger charge is 2.39. The Morgan fingerprint density at radius 3 is 2.33 bits per heavy atom. The maximum atomic E-state index is 11.8. The SMILES string of the molecule is CC(c1ccccc1)N1C2CCCC1CC(=O)C2. The molecule has 0 saturated carbocycles. The third kappa shape index (κ3) is 2.10. The van der Waals surface area contributed by atoms with Crippen LogP contribution in [0, 0.1) is 0 Å². The zero-order valence-electron chi connectivity index (χ0n) is 11.0. The predicted molar refractivity (Wildman–Crippen MR) is 72.4 cm³/mol. The van der Waals surface area contributed by atoms with Gasteiger partial charge in [-0.1, -0.05) is 36.8 Å². The highest BCUT2D eigenvalue weighted by atomic mass is 16.1. The van der Waals surface area contributed by atoms with Gasteiger partial charge in [0.2, 0.25) is 0 Å². The number of fused-ring (bicyclic) bond motifs is 2. The van der Waals surface area contributed by atoms with Crippen molar-refractivity contribution in [3.8, 4) is 0 Å². The summed E-state index contributed by atoms with van der Waals surface area (Å²) in [5.41, 5.74) is 1.38. The van der Waals surface area contributed by atoms with Crippen molar-refractivity contribution in [1.29, 1.82) is 0 Å². The summed E-state index contributed by atoms with van der Waals surface area (Å²) < 4.78 is 0. The smallest absolute Gasteiger partial charge is 0.136 e. The number of carbonyl (C=O) groups is 1. The Labute approximate surface area is 109 Å². The lowest BCUT2D eigenvalue weighted by Crippen LogP contribution is -2.53. The molecule has 1 aromatic carbocycles. The molecule has 2 aliphatic heterocycles. The third-order valence-corrected chi connectivity index (χ3v) is 4.57. The van der Waals surface area contributed by atoms with E-state index in [0.717, 1.165) is 12.8 Å². The highest BCUT2D eigenvalue weighted by Crippen LogP contribution is 2.38. The van der Waals surface area contributed by atoms with Gasteiger partial charge in [-0.25, -0.2) is 0 Å². The monoisotopic (exact) mass is 243 g/mol. The van der Waals surface area contributed by atoms with E-state index < -0.39 is 0 Å². The standard InChI is InChI=1S/C16H21NO/c1-12(13-6-3-2-4-7-13)17-14-8-5-9-15(17)11-16(18)10-14/h2-4,6-7,12,14-15H,5,8-11H2,1H3. The van der Waals surface area contributed by atoms with E-state index >= 15 is 0 Å². The van der Waals surface area contributed by atoms with E-state index in [0.29, 0.717) is 23.9 Å². The van der Waals surface area contributed by atoms with E-state index in [-0.39, 0.29) is 0 Å². The summed E-state index contributed by atoms with van der Waals surface area (Å²) in [6.07, 6.45) is 5.22. The molecule has 0 spiro atoms. The molecular formula is C16H21NO. The van der Waals surface area contributed by atoms with Gasteiger partial charge in [0, 0.05) is 31.0 Å². The molecule has 3 rings (SSSR count). The second-order valence-corrected chi connectivity index (χ2v) is 5.72. The van der Waals surface area contributed by atoms with Crippen LogP contribution < -0.4 is 0 Å². The van der Waals surface area contributed by atoms with Gasteiger partial charge in [0.25, 0.3) is 0 Å². The largest absolute Gasteiger partial charge is 0.300 e. The van der Waals surface area contributed by atoms with Gasteiger partial charge >= 0.3 is 0 Å². The second kappa shape index (κ2) is 4.85. The number of hydrogen-bond donors (Lipinski definition) is 0. The molecule has 3 unspecified atom stereocenters. The van der Waals surface area contributed by atoms with E-state index in [9.17, 15) is 4.79 Å². The van der Waals surface area contributed by atoms with Gasteiger partial charge in [0.1, 0.15) is 5.78 Å². The van der Waals surface area contributed by atoms with Crippen molar-refractivity contribution in [3.05, 3.63) is 35.9 Å². The minimum atomic E-state index is 0.439. The molecule has 2 heteroatoms. The number of carbonyl (C=O) groups excluding carboxylic acids is 1. The van der Waals surface area contributed by atoms with Gasteiger partial charge in [0.05, 0.1) is 0 Å². The maximum Gasteiger partial charge on any atom is 0.136 e. The minimum absolute atomic E-state index is 0.439. The number of nitrogens with zero attached hydrogens (tertiary/aromatic N) is 1. The van der Waals surface area contributed by atoms with Gasteiger partial charge in [-0.15, -0.1) is 0 Å². The Hall–Kier alpha value is -1.15. The zero-order valence-corrected chi connectivity index (χ0v) is 11.0. The van der Waals surface area contributed by atoms with Crippen molar-refractivity contribution in [2.24, 2.45) is 0 Å². The fourth-order valence-electron chi connectivity index (χ4n) is 3.75. The summed E-state index contributed by atoms with van der Waals surface area (Å²) in [6, 6.07) is 12.1. The van der Waals surface area contributed by atoms with Crippen LogP contribution in [-0.2, 0) is 4.79 Å². The average Bonchev–Trinajstić information content (AvgIpc) is 2.38. The van der Waals surface area contributed by atoms with Crippen molar-refractivity contribution in [2.75, 3.05) is 0 Å². The first kappa shape index (κ1) is 11.9. The molecule has 18 heavy (non-hydrogen) atoms. The molecule has 1 aromatic rings. The predicted octanol–water partition coefficient (Wildman–Crippen LogP) is 3.33. The van der Waals surface area contributed by atoms with E-state index in [2.05, 4.69) is 42.2 Å². The van der Waals surface area contributed by atoms with E-state index in [1.54, 1.807) is 0 Å². The number of rotatable bonds is 2. The second-order valence-electron chi connectivity index (χ2n) is 5.72. The Morgan fingerprint density at radius 1 is 1.11 bits per heavy atom. The number of hydrogen-bond acceptors (Lipinski definition) is 2. The lowest BCUT2D eigenvalue weighted by molar-refractivity contribution is -0.128. The molecule has 0 N–H and O–H groups in total. The topological polar surface area (TPSA) is 20.3 Å². The van der Waals surface area contributed by atoms with Crippen LogP contribution in [0.2, 0.25) is 0 Å². The molecule has 3 atom stereocenters. The quantitative estimate of drug-likeness (QED) is 0.794. The van der Waals surface area contributed by atoms with Crippen molar-refractivity contribution in [2.45, 2.75) is 57.2 Å². The summed E-state index contributed by atoms with van der Waals surface area (Å²) in [5, 5.41) is 0. The summed E-state index contributed by atoms with van der Waals surface area (Å²) in [4.78, 5) is 14.4. The molecule has 2 bridgehead atoms. The van der Waals surface area contributed by atoms with Gasteiger partial charge < -0.3 is 0 Å². The average molecular weight is 243 g/mol. The Kier molecular flexibility index (Phi) is 3.21. The van der Waals surface area contributed by atoms with Crippen molar-refractivity contribution < 1.29 is 4.79 Å². The van der Waals surface area contributed by atoms with E-state index in [4.69, 9.17) is 0 Å². The molecule has 0 aliphatic carbocycles. The molecule has 0 aromatic heterocycles. The van der Waals surface area contributed by atoms with Crippen LogP contribution in [0.5, 0.6) is 0 Å². The molecule has 2 aliphatic rings. The van der Waals surface area contributed by atoms with Crippen LogP contribution in [0.4, 0.5) is 0 Å². The van der Waals surface area contributed by atoms with Crippen LogP contribution in [0.15, 0.2) is 30.3 Å². The molecule has 2 nitrogen and oxygen atoms in total. The Bertz CT molecular complexity index is 412. The summed E-state index contributed by atoms with van der Waals surface area (Å²) in [5.74, 6) is 0.473. The first-order chi connectivity index (χ1) is 8.75. The van der Waals surface area contributed by atoms with Gasteiger partial charge in [-0.05, 0) is 25.3 Å². The molecule has 2 saturated heterocycles. The maximum absolute atomic E-state index is 11.8. The molecule has 2 heterocycles. The third-order valence-electron chi connectivity index (χ3n) is 4.57. The lowest BCUT2D eigenvalue weighted by atomic mass is 9.82. The number of piperidine rings is 2. The van der Waals surface area contributed by atoms with E-state index in [1.807, 2.05) is 0 Å². The Balaban J connectivity index is 1.85. The van der Waals surface area contributed by atoms with Crippen molar-refractivity contribution in [3.63, 3.8) is 0 Å². The van der Waals surface area contributed by atoms with Crippen LogP contribution in [0.3, 0.4) is 0 Å². The fourth-order valence-corrected chi connectivity index (χ4v) is 3.75. The number of benzene rings is 1. The summed E-state index contributed by atoms with van der Waals surface area (Å²) >= 11 is 0. The van der Waals surface area contributed by atoms with Crippen LogP contribution in [-0.4, -0.2) is 22.8 Å². The first-order valence-corrected chi connectivity index (χ1v) is 7.10. The summed E-state index contributed by atoms with van der Waals surface area (Å²) in [7, 11) is 0. The first-order valence-electron chi connectivity index (χ1n) is 7.10. The Morgan fingerprint density at radius 2 is 1.72 bits per heavy atom. The zero-order chi connectivity index (χ0) is 12.5. The minimum Gasteiger partial charge on any atom is -0.300 e.